The maximum atomic E-state index is 12.7. The summed E-state index contributed by atoms with van der Waals surface area (Å²) in [6.07, 6.45) is 6.19. The quantitative estimate of drug-likeness (QED) is 0.791. The Balaban J connectivity index is 1.80. The van der Waals surface area contributed by atoms with E-state index in [0.717, 1.165) is 37.9 Å². The molecular weight excluding hydrogens is 276 g/mol. The standard InChI is InChI=1S/C14H20N2O3S/c17-11-14(6-2-1-3-7-14)12(18)16(13(19)15-11)9-10-5-4-8-20-10/h10H,1-9H2,(H,15,17,19). The second-order valence-electron chi connectivity index (χ2n) is 5.95. The van der Waals surface area contributed by atoms with Crippen LogP contribution < -0.4 is 5.32 Å². The van der Waals surface area contributed by atoms with Crippen LogP contribution in [-0.2, 0) is 9.59 Å². The molecule has 0 aromatic carbocycles. The van der Waals surface area contributed by atoms with Crippen molar-refractivity contribution in [2.75, 3.05) is 12.3 Å². The first-order valence-electron chi connectivity index (χ1n) is 7.42. The van der Waals surface area contributed by atoms with Crippen LogP contribution in [0.5, 0.6) is 0 Å². The number of thioether (sulfide) groups is 1. The van der Waals surface area contributed by atoms with Crippen LogP contribution in [0, 0.1) is 5.41 Å². The summed E-state index contributed by atoms with van der Waals surface area (Å²) >= 11 is 1.82. The van der Waals surface area contributed by atoms with Gasteiger partial charge in [0.05, 0.1) is 0 Å². The highest BCUT2D eigenvalue weighted by atomic mass is 32.2. The average molecular weight is 296 g/mol. The number of carbonyl (C=O) groups is 3. The zero-order valence-electron chi connectivity index (χ0n) is 11.5. The Bertz CT molecular complexity index is 440. The zero-order valence-corrected chi connectivity index (χ0v) is 12.3. The van der Waals surface area contributed by atoms with Crippen LogP contribution in [0.1, 0.15) is 44.9 Å². The van der Waals surface area contributed by atoms with Gasteiger partial charge in [0.25, 0.3) is 0 Å². The number of hydrogen-bond acceptors (Lipinski definition) is 4. The molecule has 1 N–H and O–H groups in total. The lowest BCUT2D eigenvalue weighted by molar-refractivity contribution is -0.153. The van der Waals surface area contributed by atoms with E-state index in [0.29, 0.717) is 24.6 Å². The normalized spacial score (nSPS) is 29.9. The highest BCUT2D eigenvalue weighted by molar-refractivity contribution is 8.00. The molecule has 1 unspecified atom stereocenters. The molecule has 3 aliphatic rings. The molecule has 5 nitrogen and oxygen atoms in total. The summed E-state index contributed by atoms with van der Waals surface area (Å²) in [5.74, 6) is 0.472. The van der Waals surface area contributed by atoms with Gasteiger partial charge in [-0.15, -0.1) is 0 Å². The van der Waals surface area contributed by atoms with Crippen molar-refractivity contribution in [1.82, 2.24) is 10.2 Å². The van der Waals surface area contributed by atoms with Gasteiger partial charge in [-0.25, -0.2) is 4.79 Å². The molecule has 1 atom stereocenters. The number of hydrogen-bond donors (Lipinski definition) is 1. The van der Waals surface area contributed by atoms with Gasteiger partial charge in [-0.3, -0.25) is 19.8 Å². The number of nitrogens with one attached hydrogen (secondary N) is 1. The van der Waals surface area contributed by atoms with Crippen molar-refractivity contribution in [1.29, 1.82) is 0 Å². The molecule has 3 fully saturated rings. The van der Waals surface area contributed by atoms with Crippen molar-refractivity contribution < 1.29 is 14.4 Å². The van der Waals surface area contributed by atoms with Crippen LogP contribution in [-0.4, -0.2) is 40.3 Å². The fourth-order valence-electron chi connectivity index (χ4n) is 3.49. The predicted molar refractivity (Wildman–Crippen MR) is 76.2 cm³/mol. The molecular formula is C14H20N2O3S. The minimum Gasteiger partial charge on any atom is -0.277 e. The van der Waals surface area contributed by atoms with Gasteiger partial charge >= 0.3 is 6.03 Å². The Morgan fingerprint density at radius 2 is 1.90 bits per heavy atom. The van der Waals surface area contributed by atoms with E-state index in [9.17, 15) is 14.4 Å². The smallest absolute Gasteiger partial charge is 0.277 e. The summed E-state index contributed by atoms with van der Waals surface area (Å²) in [5.41, 5.74) is -0.963. The molecule has 20 heavy (non-hydrogen) atoms. The average Bonchev–Trinajstić information content (AvgIpc) is 2.96. The lowest BCUT2D eigenvalue weighted by Crippen LogP contribution is -2.65. The molecule has 2 heterocycles. The second-order valence-corrected chi connectivity index (χ2v) is 7.36. The second kappa shape index (κ2) is 5.39. The van der Waals surface area contributed by atoms with E-state index in [2.05, 4.69) is 5.32 Å². The molecule has 110 valence electrons. The third-order valence-corrected chi connectivity index (χ3v) is 6.05. The van der Waals surface area contributed by atoms with E-state index in [4.69, 9.17) is 0 Å². The Morgan fingerprint density at radius 3 is 2.55 bits per heavy atom. The van der Waals surface area contributed by atoms with E-state index in [1.807, 2.05) is 11.8 Å². The summed E-state index contributed by atoms with van der Waals surface area (Å²) in [7, 11) is 0. The molecule has 0 radical (unpaired) electrons. The van der Waals surface area contributed by atoms with Crippen molar-refractivity contribution in [3.63, 3.8) is 0 Å². The minimum absolute atomic E-state index is 0.251. The lowest BCUT2D eigenvalue weighted by atomic mass is 9.71. The monoisotopic (exact) mass is 296 g/mol. The van der Waals surface area contributed by atoms with Crippen molar-refractivity contribution in [2.45, 2.75) is 50.2 Å². The first kappa shape index (κ1) is 13.9. The van der Waals surface area contributed by atoms with Crippen molar-refractivity contribution >= 4 is 29.6 Å². The number of rotatable bonds is 2. The van der Waals surface area contributed by atoms with E-state index in [1.54, 1.807) is 0 Å². The molecule has 0 aromatic rings. The Morgan fingerprint density at radius 1 is 1.15 bits per heavy atom. The van der Waals surface area contributed by atoms with E-state index >= 15 is 0 Å². The molecule has 1 spiro atoms. The molecule has 0 bridgehead atoms. The number of urea groups is 1. The molecule has 1 saturated carbocycles. The van der Waals surface area contributed by atoms with Crippen LogP contribution in [0.4, 0.5) is 4.79 Å². The Kier molecular flexibility index (Phi) is 3.75. The number of amides is 4. The van der Waals surface area contributed by atoms with Gasteiger partial charge < -0.3 is 0 Å². The van der Waals surface area contributed by atoms with E-state index in [-0.39, 0.29) is 11.8 Å². The number of carbonyl (C=O) groups excluding carboxylic acids is 3. The van der Waals surface area contributed by atoms with Gasteiger partial charge in [0.2, 0.25) is 11.8 Å². The van der Waals surface area contributed by atoms with Crippen LogP contribution in [0.15, 0.2) is 0 Å². The van der Waals surface area contributed by atoms with Gasteiger partial charge in [0, 0.05) is 11.8 Å². The maximum Gasteiger partial charge on any atom is 0.330 e. The maximum absolute atomic E-state index is 12.7. The third-order valence-electron chi connectivity index (χ3n) is 4.67. The van der Waals surface area contributed by atoms with Crippen LogP contribution >= 0.6 is 11.8 Å². The van der Waals surface area contributed by atoms with Gasteiger partial charge in [-0.2, -0.15) is 11.8 Å². The zero-order chi connectivity index (χ0) is 14.2. The number of nitrogens with zero attached hydrogens (tertiary/aromatic N) is 1. The fraction of sp³-hybridized carbons (Fsp3) is 0.786. The van der Waals surface area contributed by atoms with Gasteiger partial charge in [-0.05, 0) is 31.4 Å². The minimum atomic E-state index is -0.963. The van der Waals surface area contributed by atoms with Crippen molar-refractivity contribution in [3.05, 3.63) is 0 Å². The summed E-state index contributed by atoms with van der Waals surface area (Å²) in [6.45, 7) is 0.449. The SMILES string of the molecule is O=C1NC(=O)C2(CCCCC2)C(=O)N1CC1CCCS1. The molecule has 0 aromatic heterocycles. The molecule has 2 aliphatic heterocycles. The van der Waals surface area contributed by atoms with E-state index < -0.39 is 11.4 Å². The molecule has 1 aliphatic carbocycles. The Labute approximate surface area is 122 Å². The summed E-state index contributed by atoms with van der Waals surface area (Å²) in [6, 6.07) is -0.524. The predicted octanol–water partition coefficient (Wildman–Crippen LogP) is 1.91. The third kappa shape index (κ3) is 2.24. The molecule has 6 heteroatoms. The molecule has 3 rings (SSSR count). The summed E-state index contributed by atoms with van der Waals surface area (Å²) in [5, 5.41) is 2.74. The fourth-order valence-corrected chi connectivity index (χ4v) is 4.74. The largest absolute Gasteiger partial charge is 0.330 e. The van der Waals surface area contributed by atoms with Crippen molar-refractivity contribution in [2.24, 2.45) is 5.41 Å². The van der Waals surface area contributed by atoms with Crippen molar-refractivity contribution in [3.8, 4) is 0 Å². The number of imide groups is 2. The summed E-state index contributed by atoms with van der Waals surface area (Å²) < 4.78 is 0. The highest BCUT2D eigenvalue weighted by Crippen LogP contribution is 2.40. The topological polar surface area (TPSA) is 66.5 Å². The van der Waals surface area contributed by atoms with Crippen LogP contribution in [0.25, 0.3) is 0 Å². The van der Waals surface area contributed by atoms with Gasteiger partial charge in [-0.1, -0.05) is 19.3 Å². The van der Waals surface area contributed by atoms with Crippen LogP contribution in [0.3, 0.4) is 0 Å². The van der Waals surface area contributed by atoms with Crippen LogP contribution in [0.2, 0.25) is 0 Å². The highest BCUT2D eigenvalue weighted by Gasteiger charge is 2.54. The summed E-state index contributed by atoms with van der Waals surface area (Å²) in [4.78, 5) is 38.2. The van der Waals surface area contributed by atoms with Gasteiger partial charge in [0.1, 0.15) is 5.41 Å². The van der Waals surface area contributed by atoms with Gasteiger partial charge in [0.15, 0.2) is 0 Å². The number of barbiturate groups is 1. The first-order valence-corrected chi connectivity index (χ1v) is 8.47. The Hall–Kier alpha value is -1.04. The lowest BCUT2D eigenvalue weighted by Gasteiger charge is -2.41. The van der Waals surface area contributed by atoms with E-state index in [1.165, 1.54) is 4.90 Å². The molecule has 4 amide bonds. The molecule has 2 saturated heterocycles. The first-order chi connectivity index (χ1) is 9.63.